The minimum Gasteiger partial charge on any atom is -0.494 e. The lowest BCUT2D eigenvalue weighted by molar-refractivity contribution is -0.114. The first-order valence-corrected chi connectivity index (χ1v) is 10.0. The zero-order valence-corrected chi connectivity index (χ0v) is 17.4. The highest BCUT2D eigenvalue weighted by atomic mass is 35.5. The highest BCUT2D eigenvalue weighted by molar-refractivity contribution is 6.44. The molecule has 2 rings (SSSR count). The molecule has 2 N–H and O–H groups in total. The molecule has 146 valence electrons. The molecule has 0 fully saturated rings. The number of benzene rings is 2. The van der Waals surface area contributed by atoms with E-state index in [0.29, 0.717) is 33.0 Å². The average molecular weight is 430 g/mol. The Morgan fingerprint density at radius 1 is 1.00 bits per heavy atom. The number of carbonyl (C=O) groups excluding carboxylic acids is 1. The van der Waals surface area contributed by atoms with Crippen LogP contribution < -0.4 is 15.4 Å². The van der Waals surface area contributed by atoms with Crippen molar-refractivity contribution in [3.63, 3.8) is 0 Å². The highest BCUT2D eigenvalue weighted by Gasteiger charge is 2.08. The minimum absolute atomic E-state index is 0.0415. The fourth-order valence-corrected chi connectivity index (χ4v) is 3.03. The fraction of sp³-hybridized carbons (Fsp3) is 0.350. The van der Waals surface area contributed by atoms with Crippen molar-refractivity contribution < 1.29 is 9.53 Å². The van der Waals surface area contributed by atoms with E-state index in [2.05, 4.69) is 17.6 Å². The summed E-state index contributed by atoms with van der Waals surface area (Å²) in [5, 5.41) is 6.91. The Balaban J connectivity index is 1.83. The van der Waals surface area contributed by atoms with Crippen LogP contribution in [0.1, 0.15) is 32.6 Å². The van der Waals surface area contributed by atoms with Gasteiger partial charge in [-0.15, -0.1) is 0 Å². The van der Waals surface area contributed by atoms with E-state index in [-0.39, 0.29) is 12.5 Å². The van der Waals surface area contributed by atoms with Gasteiger partial charge in [0.1, 0.15) is 5.75 Å². The van der Waals surface area contributed by atoms with E-state index in [9.17, 15) is 4.79 Å². The molecule has 0 unspecified atom stereocenters. The Kier molecular flexibility index (Phi) is 9.05. The lowest BCUT2D eigenvalue weighted by Gasteiger charge is -2.11. The number of ether oxygens (including phenoxy) is 1. The maximum Gasteiger partial charge on any atom is 0.243 e. The molecule has 2 aromatic rings. The van der Waals surface area contributed by atoms with Gasteiger partial charge >= 0.3 is 0 Å². The van der Waals surface area contributed by atoms with E-state index < -0.39 is 0 Å². The monoisotopic (exact) mass is 428 g/mol. The van der Waals surface area contributed by atoms with Gasteiger partial charge in [0.2, 0.25) is 5.91 Å². The summed E-state index contributed by atoms with van der Waals surface area (Å²) in [6.07, 6.45) is 4.60. The summed E-state index contributed by atoms with van der Waals surface area (Å²) >= 11 is 18.0. The Morgan fingerprint density at radius 3 is 2.56 bits per heavy atom. The number of nitrogens with one attached hydrogen (secondary N) is 2. The Hall–Kier alpha value is -1.62. The highest BCUT2D eigenvalue weighted by Crippen LogP contribution is 2.32. The van der Waals surface area contributed by atoms with Gasteiger partial charge in [0.25, 0.3) is 0 Å². The van der Waals surface area contributed by atoms with Crippen molar-refractivity contribution in [3.05, 3.63) is 51.5 Å². The van der Waals surface area contributed by atoms with Crippen molar-refractivity contribution in [2.24, 2.45) is 0 Å². The van der Waals surface area contributed by atoms with Gasteiger partial charge in [-0.25, -0.2) is 0 Å². The zero-order chi connectivity index (χ0) is 19.6. The first kappa shape index (κ1) is 21.7. The maximum atomic E-state index is 12.2. The first-order valence-electron chi connectivity index (χ1n) is 8.90. The molecule has 7 heteroatoms. The second kappa shape index (κ2) is 11.3. The van der Waals surface area contributed by atoms with Crippen LogP contribution in [-0.2, 0) is 4.79 Å². The third kappa shape index (κ3) is 7.49. The molecular formula is C20H23Cl3N2O2. The molecule has 0 aliphatic rings. The number of anilines is 2. The predicted octanol–water partition coefficient (Wildman–Crippen LogP) is 6.66. The van der Waals surface area contributed by atoms with Crippen LogP contribution >= 0.6 is 34.8 Å². The van der Waals surface area contributed by atoms with Crippen molar-refractivity contribution >= 4 is 52.1 Å². The van der Waals surface area contributed by atoms with Crippen molar-refractivity contribution in [3.8, 4) is 5.75 Å². The van der Waals surface area contributed by atoms with E-state index in [1.54, 1.807) is 6.07 Å². The van der Waals surface area contributed by atoms with Gasteiger partial charge in [-0.05, 0) is 30.7 Å². The predicted molar refractivity (Wildman–Crippen MR) is 115 cm³/mol. The van der Waals surface area contributed by atoms with Gasteiger partial charge in [-0.1, -0.05) is 67.1 Å². The first-order chi connectivity index (χ1) is 13.0. The summed E-state index contributed by atoms with van der Waals surface area (Å²) in [5.74, 6) is 0.530. The van der Waals surface area contributed by atoms with Gasteiger partial charge in [0.15, 0.2) is 0 Å². The van der Waals surface area contributed by atoms with E-state index in [4.69, 9.17) is 39.5 Å². The van der Waals surface area contributed by atoms with E-state index in [0.717, 1.165) is 18.6 Å². The van der Waals surface area contributed by atoms with Crippen molar-refractivity contribution in [2.45, 2.75) is 32.6 Å². The molecule has 0 heterocycles. The number of hydrogen-bond donors (Lipinski definition) is 2. The molecule has 0 saturated carbocycles. The Bertz CT molecular complexity index is 769. The summed E-state index contributed by atoms with van der Waals surface area (Å²) in [6, 6.07) is 10.5. The molecule has 0 saturated heterocycles. The van der Waals surface area contributed by atoms with Crippen molar-refractivity contribution in [1.82, 2.24) is 0 Å². The van der Waals surface area contributed by atoms with Gasteiger partial charge in [0.05, 0.1) is 33.9 Å². The summed E-state index contributed by atoms with van der Waals surface area (Å²) in [7, 11) is 0. The van der Waals surface area contributed by atoms with E-state index in [1.807, 2.05) is 24.3 Å². The molecule has 0 atom stereocenters. The summed E-state index contributed by atoms with van der Waals surface area (Å²) < 4.78 is 5.73. The summed E-state index contributed by atoms with van der Waals surface area (Å²) in [4.78, 5) is 12.2. The van der Waals surface area contributed by atoms with Crippen molar-refractivity contribution in [1.29, 1.82) is 0 Å². The van der Waals surface area contributed by atoms with Crippen LogP contribution in [0.25, 0.3) is 0 Å². The standard InChI is InChI=1S/C20H23Cl3N2O2/c1-2-3-4-5-9-27-15-8-6-7-14(10-15)25-20(26)13-24-19-12-17(22)16(21)11-18(19)23/h6-8,10-12,24H,2-5,9,13H2,1H3,(H,25,26). The topological polar surface area (TPSA) is 50.4 Å². The summed E-state index contributed by atoms with van der Waals surface area (Å²) in [5.41, 5.74) is 1.22. The van der Waals surface area contributed by atoms with Crippen LogP contribution in [0.4, 0.5) is 11.4 Å². The molecule has 0 spiro atoms. The lowest BCUT2D eigenvalue weighted by Crippen LogP contribution is -2.21. The summed E-state index contributed by atoms with van der Waals surface area (Å²) in [6.45, 7) is 2.89. The molecule has 0 bridgehead atoms. The van der Waals surface area contributed by atoms with Crippen molar-refractivity contribution in [2.75, 3.05) is 23.8 Å². The molecule has 0 aliphatic heterocycles. The SMILES string of the molecule is CCCCCCOc1cccc(NC(=O)CNc2cc(Cl)c(Cl)cc2Cl)c1. The number of unbranched alkanes of at least 4 members (excludes halogenated alkanes) is 3. The normalized spacial score (nSPS) is 10.5. The molecular weight excluding hydrogens is 407 g/mol. The smallest absolute Gasteiger partial charge is 0.243 e. The fourth-order valence-electron chi connectivity index (χ4n) is 2.42. The molecule has 1 amide bonds. The molecule has 4 nitrogen and oxygen atoms in total. The van der Waals surface area contributed by atoms with Gasteiger partial charge < -0.3 is 15.4 Å². The van der Waals surface area contributed by atoms with Crippen LogP contribution in [-0.4, -0.2) is 19.1 Å². The van der Waals surface area contributed by atoms with E-state index >= 15 is 0 Å². The second-order valence-corrected chi connectivity index (χ2v) is 7.31. The van der Waals surface area contributed by atoms with Gasteiger partial charge in [0, 0.05) is 11.8 Å². The third-order valence-electron chi connectivity index (χ3n) is 3.83. The second-order valence-electron chi connectivity index (χ2n) is 6.08. The number of halogens is 3. The quantitative estimate of drug-likeness (QED) is 0.328. The Morgan fingerprint density at radius 2 is 1.78 bits per heavy atom. The van der Waals surface area contributed by atoms with Crippen LogP contribution in [0.3, 0.4) is 0 Å². The number of rotatable bonds is 10. The van der Waals surface area contributed by atoms with Gasteiger partial charge in [-0.3, -0.25) is 4.79 Å². The van der Waals surface area contributed by atoms with Crippen LogP contribution in [0.2, 0.25) is 15.1 Å². The maximum absolute atomic E-state index is 12.2. The number of carbonyl (C=O) groups is 1. The molecule has 0 aliphatic carbocycles. The minimum atomic E-state index is -0.211. The van der Waals surface area contributed by atoms with E-state index in [1.165, 1.54) is 18.9 Å². The van der Waals surface area contributed by atoms with Crippen LogP contribution in [0.15, 0.2) is 36.4 Å². The van der Waals surface area contributed by atoms with Gasteiger partial charge in [-0.2, -0.15) is 0 Å². The molecule has 0 radical (unpaired) electrons. The molecule has 27 heavy (non-hydrogen) atoms. The Labute approximate surface area is 175 Å². The molecule has 0 aromatic heterocycles. The lowest BCUT2D eigenvalue weighted by atomic mass is 10.2. The average Bonchev–Trinajstić information content (AvgIpc) is 2.64. The largest absolute Gasteiger partial charge is 0.494 e. The molecule has 2 aromatic carbocycles. The number of hydrogen-bond acceptors (Lipinski definition) is 3. The number of amides is 1. The van der Waals surface area contributed by atoms with Crippen LogP contribution in [0, 0.1) is 0 Å². The van der Waals surface area contributed by atoms with Crippen LogP contribution in [0.5, 0.6) is 5.75 Å². The third-order valence-corrected chi connectivity index (χ3v) is 4.87. The zero-order valence-electron chi connectivity index (χ0n) is 15.2.